The van der Waals surface area contributed by atoms with E-state index in [0.29, 0.717) is 10.3 Å². The van der Waals surface area contributed by atoms with Gasteiger partial charge in [-0.05, 0) is 19.1 Å². The van der Waals surface area contributed by atoms with E-state index >= 15 is 0 Å². The lowest BCUT2D eigenvalue weighted by Crippen LogP contribution is -2.09. The van der Waals surface area contributed by atoms with E-state index in [1.54, 1.807) is 13.1 Å². The van der Waals surface area contributed by atoms with Crippen LogP contribution in [0.4, 0.5) is 0 Å². The van der Waals surface area contributed by atoms with Crippen LogP contribution >= 0.6 is 24.8 Å². The first-order chi connectivity index (χ1) is 7.99. The molecule has 0 saturated heterocycles. The number of hydrogen-bond donors (Lipinski definition) is 4. The van der Waals surface area contributed by atoms with Crippen molar-refractivity contribution in [1.29, 1.82) is 0 Å². The van der Waals surface area contributed by atoms with E-state index in [0.717, 1.165) is 0 Å². The van der Waals surface area contributed by atoms with Crippen molar-refractivity contribution in [2.75, 3.05) is 0 Å². The number of aryl methyl sites for hydroxylation is 1. The molecular weight excluding hydrogens is 260 g/mol. The van der Waals surface area contributed by atoms with Crippen LogP contribution in [0.25, 0.3) is 0 Å². The third-order valence-corrected chi connectivity index (χ3v) is 2.07. The SMILES string of the molecule is Cc1c[nH]c(=S)[nH]c1=O.Oc1ccnc(S)n1. The Labute approximate surface area is 107 Å². The van der Waals surface area contributed by atoms with E-state index in [9.17, 15) is 4.79 Å². The van der Waals surface area contributed by atoms with E-state index in [2.05, 4.69) is 44.8 Å². The molecule has 0 radical (unpaired) electrons. The lowest BCUT2D eigenvalue weighted by atomic mass is 10.4. The van der Waals surface area contributed by atoms with Gasteiger partial charge in [0.05, 0.1) is 0 Å². The largest absolute Gasteiger partial charge is 0.493 e. The highest BCUT2D eigenvalue weighted by Gasteiger charge is 1.87. The van der Waals surface area contributed by atoms with E-state index < -0.39 is 0 Å². The van der Waals surface area contributed by atoms with Crippen LogP contribution in [0, 0.1) is 11.7 Å². The second-order valence-electron chi connectivity index (χ2n) is 2.97. The zero-order valence-electron chi connectivity index (χ0n) is 8.84. The Kier molecular flexibility index (Phi) is 4.85. The number of rotatable bonds is 0. The molecule has 0 aliphatic carbocycles. The molecule has 0 aliphatic rings. The van der Waals surface area contributed by atoms with Crippen molar-refractivity contribution in [2.24, 2.45) is 0 Å². The van der Waals surface area contributed by atoms with Gasteiger partial charge in [-0.2, -0.15) is 4.98 Å². The molecule has 0 aliphatic heterocycles. The molecule has 8 heteroatoms. The molecule has 0 spiro atoms. The van der Waals surface area contributed by atoms with Gasteiger partial charge >= 0.3 is 0 Å². The first-order valence-electron chi connectivity index (χ1n) is 4.48. The smallest absolute Gasteiger partial charge is 0.254 e. The monoisotopic (exact) mass is 270 g/mol. The van der Waals surface area contributed by atoms with Gasteiger partial charge in [0.25, 0.3) is 5.56 Å². The highest BCUT2D eigenvalue weighted by Crippen LogP contribution is 2.02. The number of H-pyrrole nitrogens is 2. The molecule has 0 bridgehead atoms. The maximum absolute atomic E-state index is 10.7. The summed E-state index contributed by atoms with van der Waals surface area (Å²) in [6, 6.07) is 1.39. The molecule has 0 fully saturated rings. The van der Waals surface area contributed by atoms with Gasteiger partial charge in [-0.15, -0.1) is 12.6 Å². The summed E-state index contributed by atoms with van der Waals surface area (Å²) >= 11 is 8.42. The molecule has 0 unspecified atom stereocenters. The average Bonchev–Trinajstić information content (AvgIpc) is 2.24. The second-order valence-corrected chi connectivity index (χ2v) is 3.78. The standard InChI is InChI=1S/C5H6N2OS.C4H4N2OS/c1-3-2-6-5(9)7-4(3)8;7-3-1-2-5-4(8)6-3/h2H,1H3,(H2,6,7,8,9);1-2H,(H2,5,6,7,8). The predicted octanol–water partition coefficient (Wildman–Crippen LogP) is 1.21. The van der Waals surface area contributed by atoms with E-state index in [1.165, 1.54) is 12.3 Å². The van der Waals surface area contributed by atoms with Crippen molar-refractivity contribution in [3.05, 3.63) is 39.1 Å². The second kappa shape index (κ2) is 6.16. The van der Waals surface area contributed by atoms with Crippen LogP contribution in [0.2, 0.25) is 0 Å². The minimum Gasteiger partial charge on any atom is -0.493 e. The summed E-state index contributed by atoms with van der Waals surface area (Å²) in [4.78, 5) is 23.0. The molecule has 17 heavy (non-hydrogen) atoms. The van der Waals surface area contributed by atoms with Gasteiger partial charge in [0.1, 0.15) is 0 Å². The molecule has 3 N–H and O–H groups in total. The summed E-state index contributed by atoms with van der Waals surface area (Å²) in [6.45, 7) is 1.71. The summed E-state index contributed by atoms with van der Waals surface area (Å²) in [5.74, 6) is -0.0509. The van der Waals surface area contributed by atoms with Crippen LogP contribution in [0.5, 0.6) is 5.88 Å². The predicted molar refractivity (Wildman–Crippen MR) is 67.9 cm³/mol. The topological polar surface area (TPSA) is 94.7 Å². The zero-order chi connectivity index (χ0) is 12.8. The Morgan fingerprint density at radius 1 is 1.53 bits per heavy atom. The molecule has 0 amide bonds. The first kappa shape index (κ1) is 13.4. The summed E-state index contributed by atoms with van der Waals surface area (Å²) in [5.41, 5.74) is 0.516. The normalized spacial score (nSPS) is 9.29. The van der Waals surface area contributed by atoms with Crippen molar-refractivity contribution in [1.82, 2.24) is 19.9 Å². The van der Waals surface area contributed by atoms with Gasteiger partial charge in [0, 0.05) is 24.0 Å². The number of nitrogens with zero attached hydrogens (tertiary/aromatic N) is 2. The maximum atomic E-state index is 10.7. The number of hydrogen-bond acceptors (Lipinski definition) is 6. The summed E-state index contributed by atoms with van der Waals surface area (Å²) < 4.78 is 0.366. The Morgan fingerprint density at radius 3 is 2.65 bits per heavy atom. The van der Waals surface area contributed by atoms with Gasteiger partial charge in [-0.1, -0.05) is 0 Å². The Hall–Kier alpha value is -1.67. The Balaban J connectivity index is 0.000000171. The number of aromatic nitrogens is 4. The van der Waals surface area contributed by atoms with Crippen molar-refractivity contribution < 1.29 is 5.11 Å². The quantitative estimate of drug-likeness (QED) is 0.328. The molecule has 6 nitrogen and oxygen atoms in total. The highest BCUT2D eigenvalue weighted by atomic mass is 32.1. The number of nitrogens with one attached hydrogen (secondary N) is 2. The lowest BCUT2D eigenvalue weighted by Gasteiger charge is -1.87. The molecule has 90 valence electrons. The van der Waals surface area contributed by atoms with E-state index in [4.69, 9.17) is 5.11 Å². The van der Waals surface area contributed by atoms with Gasteiger partial charge in [-0.25, -0.2) is 4.98 Å². The molecule has 0 aromatic carbocycles. The fraction of sp³-hybridized carbons (Fsp3) is 0.111. The maximum Gasteiger partial charge on any atom is 0.254 e. The fourth-order valence-corrected chi connectivity index (χ4v) is 1.14. The third kappa shape index (κ3) is 4.79. The average molecular weight is 270 g/mol. The van der Waals surface area contributed by atoms with Crippen LogP contribution in [0.3, 0.4) is 0 Å². The number of thiol groups is 1. The summed E-state index contributed by atoms with van der Waals surface area (Å²) in [7, 11) is 0. The minimum atomic E-state index is -0.126. The molecule has 0 saturated carbocycles. The lowest BCUT2D eigenvalue weighted by molar-refractivity contribution is 0.445. The van der Waals surface area contributed by atoms with Crippen molar-refractivity contribution in [3.63, 3.8) is 0 Å². The molecular formula is C9H10N4O2S2. The van der Waals surface area contributed by atoms with Crippen molar-refractivity contribution in [2.45, 2.75) is 12.1 Å². The Morgan fingerprint density at radius 2 is 2.24 bits per heavy atom. The molecule has 2 aromatic heterocycles. The van der Waals surface area contributed by atoms with E-state index in [1.807, 2.05) is 0 Å². The van der Waals surface area contributed by atoms with E-state index in [-0.39, 0.29) is 16.6 Å². The molecule has 0 atom stereocenters. The number of aromatic amines is 2. The van der Waals surface area contributed by atoms with Crippen LogP contribution in [-0.2, 0) is 0 Å². The Bertz CT molecular complexity index is 591. The van der Waals surface area contributed by atoms with Crippen molar-refractivity contribution >= 4 is 24.8 Å². The van der Waals surface area contributed by atoms with Crippen LogP contribution in [-0.4, -0.2) is 25.0 Å². The summed E-state index contributed by atoms with van der Waals surface area (Å²) in [6.07, 6.45) is 3.02. The van der Waals surface area contributed by atoms with Gasteiger partial charge in [-0.3, -0.25) is 9.78 Å². The van der Waals surface area contributed by atoms with Gasteiger partial charge in [0.15, 0.2) is 9.93 Å². The molecule has 2 aromatic rings. The van der Waals surface area contributed by atoms with Gasteiger partial charge < -0.3 is 10.1 Å². The van der Waals surface area contributed by atoms with Gasteiger partial charge in [0.2, 0.25) is 5.88 Å². The summed E-state index contributed by atoms with van der Waals surface area (Å²) in [5, 5.41) is 8.90. The fourth-order valence-electron chi connectivity index (χ4n) is 0.816. The molecule has 2 rings (SSSR count). The van der Waals surface area contributed by atoms with Crippen LogP contribution < -0.4 is 5.56 Å². The zero-order valence-corrected chi connectivity index (χ0v) is 10.5. The minimum absolute atomic E-state index is 0.0509. The number of aromatic hydroxyl groups is 1. The first-order valence-corrected chi connectivity index (χ1v) is 5.34. The highest BCUT2D eigenvalue weighted by molar-refractivity contribution is 7.80. The molecule has 2 heterocycles. The third-order valence-electron chi connectivity index (χ3n) is 1.63. The van der Waals surface area contributed by atoms with Crippen LogP contribution in [0.1, 0.15) is 5.56 Å². The van der Waals surface area contributed by atoms with Crippen LogP contribution in [0.15, 0.2) is 28.4 Å². The van der Waals surface area contributed by atoms with Crippen molar-refractivity contribution in [3.8, 4) is 5.88 Å².